The van der Waals surface area contributed by atoms with Gasteiger partial charge in [0.05, 0.1) is 39.8 Å². The molecule has 5 aromatic rings. The van der Waals surface area contributed by atoms with Crippen molar-refractivity contribution >= 4 is 81.6 Å². The summed E-state index contributed by atoms with van der Waals surface area (Å²) in [6.45, 7) is 8.91. The number of hydrogen-bond donors (Lipinski definition) is 1. The minimum atomic E-state index is -4.67. The molecule has 0 aliphatic carbocycles. The third kappa shape index (κ3) is 9.87. The third-order valence-electron chi connectivity index (χ3n) is 8.67. The van der Waals surface area contributed by atoms with Crippen LogP contribution < -0.4 is 53.9 Å². The van der Waals surface area contributed by atoms with E-state index in [1.54, 1.807) is 28.8 Å². The zero-order valence-corrected chi connectivity index (χ0v) is 37.1. The SMILES string of the molecule is CCOCCC(c1sc2ccccc2c1CS(=O)(=O)[O-])=c1s/c(=C(/C=C2\Sc3cc(C)c(OCC)cc3N2CS(=O)(=O)O)c2ccccc2)c(=O)n1CC.[Na+]. The van der Waals surface area contributed by atoms with Crippen molar-refractivity contribution in [1.29, 1.82) is 0 Å². The largest absolute Gasteiger partial charge is 1.00 e. The van der Waals surface area contributed by atoms with Crippen molar-refractivity contribution in [2.24, 2.45) is 0 Å². The van der Waals surface area contributed by atoms with E-state index in [1.165, 1.54) is 39.3 Å². The number of allylic oxidation sites excluding steroid dienone is 1. The van der Waals surface area contributed by atoms with Gasteiger partial charge in [-0.1, -0.05) is 60.3 Å². The quantitative estimate of drug-likeness (QED) is 0.0997. The summed E-state index contributed by atoms with van der Waals surface area (Å²) in [5.74, 6) is -0.852. The predicted molar refractivity (Wildman–Crippen MR) is 216 cm³/mol. The normalized spacial score (nSPS) is 14.9. The summed E-state index contributed by atoms with van der Waals surface area (Å²) in [5, 5.41) is 1.13. The smallest absolute Gasteiger partial charge is 0.748 e. The van der Waals surface area contributed by atoms with Gasteiger partial charge in [0.2, 0.25) is 0 Å². The van der Waals surface area contributed by atoms with E-state index in [9.17, 15) is 30.7 Å². The Hall–Kier alpha value is -2.74. The molecule has 1 aliphatic rings. The van der Waals surface area contributed by atoms with Crippen LogP contribution in [0.5, 0.6) is 5.75 Å². The van der Waals surface area contributed by atoms with E-state index in [0.29, 0.717) is 77.8 Å². The summed E-state index contributed by atoms with van der Waals surface area (Å²) in [7, 11) is -9.17. The number of benzene rings is 3. The van der Waals surface area contributed by atoms with E-state index in [2.05, 4.69) is 0 Å². The van der Waals surface area contributed by atoms with E-state index < -0.39 is 31.9 Å². The summed E-state index contributed by atoms with van der Waals surface area (Å²) in [6.07, 6.45) is 2.11. The van der Waals surface area contributed by atoms with Gasteiger partial charge in [-0.3, -0.25) is 13.9 Å². The van der Waals surface area contributed by atoms with E-state index in [1.807, 2.05) is 76.2 Å². The molecule has 0 fully saturated rings. The second kappa shape index (κ2) is 18.2. The summed E-state index contributed by atoms with van der Waals surface area (Å²) in [5.41, 5.74) is 3.41. The molecule has 11 nitrogen and oxygen atoms in total. The molecular formula is C38H39N2NaO9S5. The number of thioether (sulfide) groups is 1. The number of ether oxygens (including phenoxy) is 2. The van der Waals surface area contributed by atoms with Gasteiger partial charge in [0.25, 0.3) is 15.7 Å². The standard InChI is InChI=1S/C38H40N2O9S5.Na/c1-5-39-37(41)36(52-38(39)27(17-18-48-6-2)35-29(22-53(42,43)44)26-15-11-12-16-32(26)51-35)28(25-13-9-8-10-14-25)20-34-40(23-54(45,46)47)30-21-31(49-7-3)24(4)19-33(30)50-34;/h8-16,19-21H,5-7,17-18,22-23H2,1-4H3,(H,42,43,44)(H,45,46,47);/q;+1/p-1/b34-20-,36-28-,38-27?;. The molecule has 55 heavy (non-hydrogen) atoms. The molecule has 0 saturated heterocycles. The third-order valence-corrected chi connectivity index (χ3v) is 13.5. The van der Waals surface area contributed by atoms with Crippen LogP contribution in [-0.2, 0) is 37.3 Å². The molecule has 17 heteroatoms. The molecule has 0 spiro atoms. The van der Waals surface area contributed by atoms with E-state index in [0.717, 1.165) is 15.2 Å². The van der Waals surface area contributed by atoms with E-state index >= 15 is 0 Å². The Bertz CT molecular complexity index is 2650. The van der Waals surface area contributed by atoms with Crippen molar-refractivity contribution < 1.29 is 65.0 Å². The molecule has 0 bridgehead atoms. The fraction of sp³-hybridized carbons (Fsp3) is 0.289. The average Bonchev–Trinajstić information content (AvgIpc) is 3.75. The van der Waals surface area contributed by atoms with Crippen LogP contribution in [0.3, 0.4) is 0 Å². The summed E-state index contributed by atoms with van der Waals surface area (Å²) in [4.78, 5) is 17.5. The van der Waals surface area contributed by atoms with Gasteiger partial charge in [-0.05, 0) is 68.0 Å². The number of rotatable bonds is 14. The molecule has 0 atom stereocenters. The van der Waals surface area contributed by atoms with Crippen LogP contribution in [0.15, 0.2) is 87.5 Å². The molecule has 3 aromatic carbocycles. The topological polar surface area (TPSA) is 155 Å². The fourth-order valence-electron chi connectivity index (χ4n) is 6.36. The number of nitrogens with zero attached hydrogens (tertiary/aromatic N) is 2. The number of thiazole rings is 1. The van der Waals surface area contributed by atoms with Crippen molar-refractivity contribution in [2.45, 2.75) is 51.3 Å². The molecule has 1 aliphatic heterocycles. The molecule has 3 heterocycles. The van der Waals surface area contributed by atoms with Crippen molar-refractivity contribution in [1.82, 2.24) is 4.57 Å². The predicted octanol–water partition coefficient (Wildman–Crippen LogP) is 3.02. The molecule has 286 valence electrons. The van der Waals surface area contributed by atoms with Gasteiger partial charge in [-0.15, -0.1) is 22.7 Å². The van der Waals surface area contributed by atoms with Gasteiger partial charge < -0.3 is 18.9 Å². The molecule has 0 amide bonds. The van der Waals surface area contributed by atoms with Crippen LogP contribution in [0.4, 0.5) is 5.69 Å². The van der Waals surface area contributed by atoms with Crippen molar-refractivity contribution in [3.8, 4) is 5.75 Å². The summed E-state index contributed by atoms with van der Waals surface area (Å²) < 4.78 is 86.6. The van der Waals surface area contributed by atoms with Gasteiger partial charge in [-0.2, -0.15) is 8.42 Å². The Labute approximate surface area is 354 Å². The van der Waals surface area contributed by atoms with Crippen molar-refractivity contribution in [3.05, 3.63) is 119 Å². The van der Waals surface area contributed by atoms with Crippen LogP contribution in [0.2, 0.25) is 0 Å². The zero-order chi connectivity index (χ0) is 38.8. The van der Waals surface area contributed by atoms with Crippen molar-refractivity contribution in [3.63, 3.8) is 0 Å². The van der Waals surface area contributed by atoms with Crippen LogP contribution in [0.1, 0.15) is 48.8 Å². The number of thiophene rings is 1. The molecule has 6 rings (SSSR count). The van der Waals surface area contributed by atoms with E-state index in [4.69, 9.17) is 9.47 Å². The Kier molecular flexibility index (Phi) is 14.4. The number of fused-ring (bicyclic) bond motifs is 2. The number of hydrogen-bond acceptors (Lipinski definition) is 12. The number of anilines is 1. The Morgan fingerprint density at radius 3 is 2.33 bits per heavy atom. The molecule has 1 N–H and O–H groups in total. The van der Waals surface area contributed by atoms with Gasteiger partial charge in [0, 0.05) is 51.3 Å². The van der Waals surface area contributed by atoms with Gasteiger partial charge in [0.15, 0.2) is 5.88 Å². The minimum absolute atomic E-state index is 0. The maximum absolute atomic E-state index is 14.6. The van der Waals surface area contributed by atoms with Gasteiger partial charge in [-0.25, -0.2) is 8.42 Å². The van der Waals surface area contributed by atoms with Crippen LogP contribution in [0.25, 0.3) is 21.2 Å². The Balaban J connectivity index is 0.00000580. The Morgan fingerprint density at radius 1 is 0.964 bits per heavy atom. The molecule has 0 radical (unpaired) electrons. The van der Waals surface area contributed by atoms with Crippen LogP contribution >= 0.6 is 34.4 Å². The summed E-state index contributed by atoms with van der Waals surface area (Å²) >= 11 is 3.93. The average molecular weight is 851 g/mol. The second-order valence-electron chi connectivity index (χ2n) is 12.3. The monoisotopic (exact) mass is 850 g/mol. The fourth-order valence-corrected chi connectivity index (χ4v) is 11.7. The first-order valence-corrected chi connectivity index (χ1v) is 22.8. The van der Waals surface area contributed by atoms with Gasteiger partial charge in [0.1, 0.15) is 14.9 Å². The number of aryl methyl sites for hydroxylation is 1. The first kappa shape index (κ1) is 43.4. The zero-order valence-electron chi connectivity index (χ0n) is 31.0. The van der Waals surface area contributed by atoms with Gasteiger partial charge >= 0.3 is 29.6 Å². The minimum Gasteiger partial charge on any atom is -0.748 e. The molecule has 0 unspecified atom stereocenters. The first-order chi connectivity index (χ1) is 25.7. The van der Waals surface area contributed by atoms with Crippen LogP contribution in [-0.4, -0.2) is 56.2 Å². The van der Waals surface area contributed by atoms with E-state index in [-0.39, 0.29) is 48.3 Å². The van der Waals surface area contributed by atoms with Crippen molar-refractivity contribution in [2.75, 3.05) is 30.6 Å². The maximum atomic E-state index is 14.6. The molecular weight excluding hydrogens is 812 g/mol. The molecule has 2 aromatic heterocycles. The second-order valence-corrected chi connectivity index (χ2v) is 18.3. The molecule has 0 saturated carbocycles. The number of aromatic nitrogens is 1. The Morgan fingerprint density at radius 2 is 1.67 bits per heavy atom. The maximum Gasteiger partial charge on any atom is 1.00 e. The first-order valence-electron chi connectivity index (χ1n) is 17.2. The summed E-state index contributed by atoms with van der Waals surface area (Å²) in [6, 6.07) is 20.2. The van der Waals surface area contributed by atoms with Crippen LogP contribution in [0, 0.1) is 6.92 Å².